The summed E-state index contributed by atoms with van der Waals surface area (Å²) in [5.74, 6) is 0. The highest BCUT2D eigenvalue weighted by atomic mass is 32.1. The van der Waals surface area contributed by atoms with Crippen LogP contribution in [0.25, 0.3) is 11.1 Å². The first-order chi connectivity index (χ1) is 7.36. The Hall–Kier alpha value is -1.25. The summed E-state index contributed by atoms with van der Waals surface area (Å²) >= 11 is 2.53. The Bertz CT molecular complexity index is 381. The molecule has 0 aliphatic rings. The summed E-state index contributed by atoms with van der Waals surface area (Å²) in [6, 6.07) is 19.0. The third kappa shape index (κ3) is 3.42. The van der Waals surface area contributed by atoms with Gasteiger partial charge in [-0.25, -0.2) is 0 Å². The highest BCUT2D eigenvalue weighted by Crippen LogP contribution is 2.18. The summed E-state index contributed by atoms with van der Waals surface area (Å²) in [5, 5.41) is 0. The molecule has 15 heavy (non-hydrogen) atoms. The van der Waals surface area contributed by atoms with Crippen LogP contribution in [-0.4, -0.2) is 4.55 Å². The Morgan fingerprint density at radius 1 is 0.733 bits per heavy atom. The molecule has 2 aromatic rings. The summed E-state index contributed by atoms with van der Waals surface area (Å²) < 4.78 is 6.69. The topological polar surface area (TPSA) is 20.2 Å². The van der Waals surface area contributed by atoms with Crippen molar-refractivity contribution in [2.45, 2.75) is 6.92 Å². The lowest BCUT2D eigenvalue weighted by Crippen LogP contribution is -1.76. The van der Waals surface area contributed by atoms with E-state index in [0.29, 0.717) is 0 Å². The SMILES string of the molecule is Cc1ccc(-c2ccccc2)cc1.OS. The standard InChI is InChI=1S/C13H12.H2OS/c1-11-7-9-13(10-8-11)12-5-3-2-4-6-12;1-2/h2-10H,1H3;1-2H. The van der Waals surface area contributed by atoms with Crippen molar-refractivity contribution in [1.29, 1.82) is 0 Å². The lowest BCUT2D eigenvalue weighted by Gasteiger charge is -2.00. The summed E-state index contributed by atoms with van der Waals surface area (Å²) in [6.07, 6.45) is 0. The fraction of sp³-hybridized carbons (Fsp3) is 0.0769. The molecule has 2 rings (SSSR count). The number of aryl methyl sites for hydroxylation is 1. The zero-order valence-electron chi connectivity index (χ0n) is 8.59. The van der Waals surface area contributed by atoms with Crippen LogP contribution in [0.2, 0.25) is 0 Å². The van der Waals surface area contributed by atoms with Gasteiger partial charge in [-0.2, -0.15) is 0 Å². The Balaban J connectivity index is 0.000000531. The molecule has 1 N–H and O–H groups in total. The van der Waals surface area contributed by atoms with E-state index in [2.05, 4.69) is 68.4 Å². The minimum absolute atomic E-state index is 1.28. The van der Waals surface area contributed by atoms with Crippen LogP contribution >= 0.6 is 12.9 Å². The molecule has 0 aliphatic carbocycles. The van der Waals surface area contributed by atoms with Crippen molar-refractivity contribution in [2.24, 2.45) is 0 Å². The van der Waals surface area contributed by atoms with E-state index >= 15 is 0 Å². The molecule has 0 aliphatic heterocycles. The third-order valence-corrected chi connectivity index (χ3v) is 2.16. The second kappa shape index (κ2) is 6.27. The third-order valence-electron chi connectivity index (χ3n) is 2.16. The Kier molecular flexibility index (Phi) is 4.95. The average molecular weight is 218 g/mol. The van der Waals surface area contributed by atoms with Crippen molar-refractivity contribution in [3.63, 3.8) is 0 Å². The van der Waals surface area contributed by atoms with Crippen LogP contribution in [0.4, 0.5) is 0 Å². The summed E-state index contributed by atoms with van der Waals surface area (Å²) in [5.41, 5.74) is 3.87. The van der Waals surface area contributed by atoms with Crippen molar-refractivity contribution < 1.29 is 4.55 Å². The van der Waals surface area contributed by atoms with Gasteiger partial charge in [0.05, 0.1) is 0 Å². The molecular formula is C13H14OS. The van der Waals surface area contributed by atoms with Gasteiger partial charge in [-0.1, -0.05) is 60.2 Å². The number of rotatable bonds is 1. The molecule has 0 spiro atoms. The van der Waals surface area contributed by atoms with E-state index < -0.39 is 0 Å². The second-order valence-corrected chi connectivity index (χ2v) is 3.23. The molecule has 0 fully saturated rings. The van der Waals surface area contributed by atoms with Gasteiger partial charge in [0.25, 0.3) is 0 Å². The number of thiol groups is 1. The van der Waals surface area contributed by atoms with Gasteiger partial charge in [0.1, 0.15) is 0 Å². The quantitative estimate of drug-likeness (QED) is 0.546. The van der Waals surface area contributed by atoms with Crippen LogP contribution in [0.5, 0.6) is 0 Å². The number of hydrogen-bond donors (Lipinski definition) is 2. The largest absolute Gasteiger partial charge is 0.333 e. The van der Waals surface area contributed by atoms with Crippen molar-refractivity contribution in [2.75, 3.05) is 0 Å². The molecular weight excluding hydrogens is 204 g/mol. The lowest BCUT2D eigenvalue weighted by molar-refractivity contribution is 0.679. The molecule has 0 radical (unpaired) electrons. The first kappa shape index (κ1) is 11.8. The van der Waals surface area contributed by atoms with Crippen molar-refractivity contribution in [1.82, 2.24) is 0 Å². The monoisotopic (exact) mass is 218 g/mol. The molecule has 0 aromatic heterocycles. The highest BCUT2D eigenvalue weighted by Gasteiger charge is 1.93. The van der Waals surface area contributed by atoms with E-state index in [0.717, 1.165) is 0 Å². The molecule has 0 amide bonds. The molecule has 78 valence electrons. The van der Waals surface area contributed by atoms with E-state index in [1.807, 2.05) is 6.07 Å². The zero-order valence-corrected chi connectivity index (χ0v) is 9.49. The summed E-state index contributed by atoms with van der Waals surface area (Å²) in [6.45, 7) is 2.11. The molecule has 2 aromatic carbocycles. The smallest absolute Gasteiger partial charge is 0.0184 e. The van der Waals surface area contributed by atoms with Gasteiger partial charge < -0.3 is 4.55 Å². The van der Waals surface area contributed by atoms with Crippen LogP contribution in [0, 0.1) is 6.92 Å². The molecule has 0 atom stereocenters. The number of hydrogen-bond acceptors (Lipinski definition) is 2. The van der Waals surface area contributed by atoms with Gasteiger partial charge in [0.15, 0.2) is 0 Å². The average Bonchev–Trinajstić information content (AvgIpc) is 2.34. The molecule has 0 heterocycles. The van der Waals surface area contributed by atoms with Crippen LogP contribution in [-0.2, 0) is 0 Å². The van der Waals surface area contributed by atoms with Gasteiger partial charge in [-0.15, -0.1) is 0 Å². The van der Waals surface area contributed by atoms with Crippen molar-refractivity contribution in [3.05, 3.63) is 60.2 Å². The maximum Gasteiger partial charge on any atom is -0.0184 e. The van der Waals surface area contributed by atoms with E-state index in [1.165, 1.54) is 16.7 Å². The highest BCUT2D eigenvalue weighted by molar-refractivity contribution is 7.74. The maximum atomic E-state index is 6.69. The van der Waals surface area contributed by atoms with E-state index in [4.69, 9.17) is 4.55 Å². The fourth-order valence-electron chi connectivity index (χ4n) is 1.38. The maximum absolute atomic E-state index is 6.69. The Labute approximate surface area is 96.0 Å². The van der Waals surface area contributed by atoms with Gasteiger partial charge in [-0.05, 0) is 31.0 Å². The van der Waals surface area contributed by atoms with E-state index in [-0.39, 0.29) is 0 Å². The van der Waals surface area contributed by atoms with Crippen LogP contribution in [0.3, 0.4) is 0 Å². The zero-order chi connectivity index (χ0) is 11.1. The summed E-state index contributed by atoms with van der Waals surface area (Å²) in [7, 11) is 0. The van der Waals surface area contributed by atoms with Crippen LogP contribution < -0.4 is 0 Å². The van der Waals surface area contributed by atoms with E-state index in [9.17, 15) is 0 Å². The minimum Gasteiger partial charge on any atom is -0.333 e. The van der Waals surface area contributed by atoms with Gasteiger partial charge >= 0.3 is 0 Å². The van der Waals surface area contributed by atoms with Crippen LogP contribution in [0.1, 0.15) is 5.56 Å². The molecule has 0 bridgehead atoms. The first-order valence-corrected chi connectivity index (χ1v) is 5.08. The second-order valence-electron chi connectivity index (χ2n) is 3.23. The van der Waals surface area contributed by atoms with Crippen molar-refractivity contribution >= 4 is 12.9 Å². The van der Waals surface area contributed by atoms with Gasteiger partial charge in [0.2, 0.25) is 0 Å². The normalized spacial score (nSPS) is 9.00. The molecule has 0 unspecified atom stereocenters. The fourth-order valence-corrected chi connectivity index (χ4v) is 1.38. The van der Waals surface area contributed by atoms with E-state index in [1.54, 1.807) is 0 Å². The molecule has 0 saturated carbocycles. The molecule has 2 heteroatoms. The Morgan fingerprint density at radius 3 is 1.73 bits per heavy atom. The molecule has 1 nitrogen and oxygen atoms in total. The Morgan fingerprint density at radius 2 is 1.20 bits per heavy atom. The van der Waals surface area contributed by atoms with Crippen molar-refractivity contribution in [3.8, 4) is 11.1 Å². The predicted molar refractivity (Wildman–Crippen MR) is 68.2 cm³/mol. The van der Waals surface area contributed by atoms with Gasteiger partial charge in [-0.3, -0.25) is 0 Å². The minimum atomic E-state index is 1.28. The van der Waals surface area contributed by atoms with Gasteiger partial charge in [0, 0.05) is 0 Å². The lowest BCUT2D eigenvalue weighted by atomic mass is 10.0. The number of benzene rings is 2. The summed E-state index contributed by atoms with van der Waals surface area (Å²) in [4.78, 5) is 0. The van der Waals surface area contributed by atoms with Crippen LogP contribution in [0.15, 0.2) is 54.6 Å². The predicted octanol–water partition coefficient (Wildman–Crippen LogP) is 4.05. The first-order valence-electron chi connectivity index (χ1n) is 4.68. The molecule has 0 saturated heterocycles.